The van der Waals surface area contributed by atoms with Crippen molar-refractivity contribution in [3.63, 3.8) is 0 Å². The average molecular weight is 319 g/mol. The first-order valence-electron chi connectivity index (χ1n) is 5.73. The molecule has 0 radical (unpaired) electrons. The van der Waals surface area contributed by atoms with Crippen molar-refractivity contribution in [1.82, 2.24) is 14.4 Å². The van der Waals surface area contributed by atoms with Gasteiger partial charge < -0.3 is 10.4 Å². The van der Waals surface area contributed by atoms with Crippen LogP contribution in [0.3, 0.4) is 0 Å². The van der Waals surface area contributed by atoms with Crippen LogP contribution in [0.4, 0.5) is 5.69 Å². The van der Waals surface area contributed by atoms with Crippen molar-refractivity contribution in [3.05, 3.63) is 53.2 Å². The summed E-state index contributed by atoms with van der Waals surface area (Å²) >= 11 is 3.34. The Morgan fingerprint density at radius 2 is 2.16 bits per heavy atom. The minimum atomic E-state index is 0.245. The second-order valence-electron chi connectivity index (χ2n) is 4.09. The van der Waals surface area contributed by atoms with Crippen molar-refractivity contribution in [2.75, 3.05) is 5.32 Å². The first kappa shape index (κ1) is 12.0. The fourth-order valence-electron chi connectivity index (χ4n) is 1.86. The third kappa shape index (κ3) is 2.53. The van der Waals surface area contributed by atoms with Crippen molar-refractivity contribution in [2.45, 2.75) is 6.54 Å². The molecule has 0 aliphatic carbocycles. The lowest BCUT2D eigenvalue weighted by molar-refractivity contribution is 0.475. The highest BCUT2D eigenvalue weighted by Crippen LogP contribution is 2.17. The van der Waals surface area contributed by atoms with Crippen molar-refractivity contribution >= 4 is 27.3 Å². The fraction of sp³-hybridized carbons (Fsp3) is 0.0769. The van der Waals surface area contributed by atoms with Gasteiger partial charge in [0.15, 0.2) is 5.65 Å². The van der Waals surface area contributed by atoms with Crippen LogP contribution in [0.2, 0.25) is 0 Å². The van der Waals surface area contributed by atoms with Crippen molar-refractivity contribution in [1.29, 1.82) is 0 Å². The van der Waals surface area contributed by atoms with E-state index in [0.717, 1.165) is 21.6 Å². The molecule has 0 saturated carbocycles. The largest absolute Gasteiger partial charge is 0.508 e. The summed E-state index contributed by atoms with van der Waals surface area (Å²) in [4.78, 5) is 8.41. The van der Waals surface area contributed by atoms with Gasteiger partial charge in [0.2, 0.25) is 0 Å². The molecule has 96 valence electrons. The molecule has 0 aliphatic rings. The number of phenolic OH excluding ortho intramolecular Hbond substituents is 1. The lowest BCUT2D eigenvalue weighted by Crippen LogP contribution is -2.02. The monoisotopic (exact) mass is 318 g/mol. The molecule has 3 aromatic rings. The summed E-state index contributed by atoms with van der Waals surface area (Å²) in [5, 5.41) is 12.6. The number of anilines is 1. The fourth-order valence-corrected chi connectivity index (χ4v) is 2.16. The van der Waals surface area contributed by atoms with Crippen LogP contribution in [0, 0.1) is 0 Å². The number of phenols is 1. The molecule has 0 amide bonds. The molecular weight excluding hydrogens is 308 g/mol. The number of aromatic hydroxyl groups is 1. The summed E-state index contributed by atoms with van der Waals surface area (Å²) in [6.45, 7) is 0.612. The maximum atomic E-state index is 9.41. The zero-order chi connectivity index (χ0) is 13.2. The van der Waals surface area contributed by atoms with E-state index in [9.17, 15) is 5.11 Å². The minimum Gasteiger partial charge on any atom is -0.508 e. The molecule has 0 aliphatic heterocycles. The Balaban J connectivity index is 1.84. The molecule has 2 heterocycles. The molecule has 6 heteroatoms. The van der Waals surface area contributed by atoms with Gasteiger partial charge in [0.1, 0.15) is 10.4 Å². The van der Waals surface area contributed by atoms with E-state index < -0.39 is 0 Å². The van der Waals surface area contributed by atoms with Crippen molar-refractivity contribution in [3.8, 4) is 5.75 Å². The quantitative estimate of drug-likeness (QED) is 0.779. The highest BCUT2D eigenvalue weighted by atomic mass is 79.9. The van der Waals surface area contributed by atoms with E-state index in [-0.39, 0.29) is 5.75 Å². The van der Waals surface area contributed by atoms with Crippen molar-refractivity contribution in [2.24, 2.45) is 0 Å². The van der Waals surface area contributed by atoms with E-state index in [1.54, 1.807) is 30.6 Å². The number of hydrogen-bond donors (Lipinski definition) is 2. The Morgan fingerprint density at radius 3 is 3.00 bits per heavy atom. The van der Waals surface area contributed by atoms with Crippen LogP contribution in [0.25, 0.3) is 5.65 Å². The Kier molecular flexibility index (Phi) is 3.08. The Bertz CT molecular complexity index is 725. The molecule has 5 nitrogen and oxygen atoms in total. The third-order valence-corrected chi connectivity index (χ3v) is 3.17. The van der Waals surface area contributed by atoms with E-state index in [1.165, 1.54) is 0 Å². The number of nitrogens with zero attached hydrogens (tertiary/aromatic N) is 3. The lowest BCUT2D eigenvalue weighted by atomic mass is 10.3. The molecule has 0 unspecified atom stereocenters. The van der Waals surface area contributed by atoms with E-state index in [0.29, 0.717) is 6.54 Å². The lowest BCUT2D eigenvalue weighted by Gasteiger charge is -2.06. The molecule has 0 atom stereocenters. The van der Waals surface area contributed by atoms with Gasteiger partial charge in [-0.1, -0.05) is 6.07 Å². The molecular formula is C13H11BrN4O. The van der Waals surface area contributed by atoms with Gasteiger partial charge in [-0.15, -0.1) is 0 Å². The molecule has 0 spiro atoms. The van der Waals surface area contributed by atoms with Crippen LogP contribution in [0.5, 0.6) is 5.75 Å². The van der Waals surface area contributed by atoms with E-state index in [2.05, 4.69) is 31.2 Å². The number of imidazole rings is 1. The number of hydrogen-bond acceptors (Lipinski definition) is 4. The Labute approximate surface area is 118 Å². The number of benzene rings is 1. The predicted octanol–water partition coefficient (Wildman–Crippen LogP) is 2.81. The number of fused-ring (bicyclic) bond motifs is 1. The highest BCUT2D eigenvalue weighted by molar-refractivity contribution is 9.10. The maximum absolute atomic E-state index is 9.41. The van der Waals surface area contributed by atoms with Gasteiger partial charge in [0.25, 0.3) is 0 Å². The number of halogens is 1. The minimum absolute atomic E-state index is 0.245. The van der Waals surface area contributed by atoms with E-state index >= 15 is 0 Å². The van der Waals surface area contributed by atoms with Gasteiger partial charge in [-0.3, -0.25) is 4.40 Å². The molecule has 3 rings (SSSR count). The van der Waals surface area contributed by atoms with Gasteiger partial charge in [-0.25, -0.2) is 9.97 Å². The predicted molar refractivity (Wildman–Crippen MR) is 76.1 cm³/mol. The van der Waals surface area contributed by atoms with Crippen LogP contribution >= 0.6 is 15.9 Å². The normalized spacial score (nSPS) is 10.8. The van der Waals surface area contributed by atoms with Gasteiger partial charge in [0, 0.05) is 18.0 Å². The topological polar surface area (TPSA) is 62.5 Å². The summed E-state index contributed by atoms with van der Waals surface area (Å²) in [7, 11) is 0. The maximum Gasteiger partial charge on any atom is 0.155 e. The molecule has 0 fully saturated rings. The van der Waals surface area contributed by atoms with E-state index in [1.807, 2.05) is 16.7 Å². The average Bonchev–Trinajstić information content (AvgIpc) is 2.79. The third-order valence-electron chi connectivity index (χ3n) is 2.76. The van der Waals surface area contributed by atoms with E-state index in [4.69, 9.17) is 0 Å². The summed E-state index contributed by atoms with van der Waals surface area (Å²) in [6.07, 6.45) is 5.39. The molecule has 0 saturated heterocycles. The molecule has 2 aromatic heterocycles. The summed E-state index contributed by atoms with van der Waals surface area (Å²) in [5.41, 5.74) is 2.68. The van der Waals surface area contributed by atoms with Crippen LogP contribution in [0.1, 0.15) is 5.69 Å². The second kappa shape index (κ2) is 4.89. The molecule has 2 N–H and O–H groups in total. The first-order chi connectivity index (χ1) is 9.22. The van der Waals surface area contributed by atoms with Crippen molar-refractivity contribution < 1.29 is 5.11 Å². The highest BCUT2D eigenvalue weighted by Gasteiger charge is 2.04. The SMILES string of the molecule is Oc1cccc(NCc2cnc3cnc(Br)cn23)c1. The standard InChI is InChI=1S/C13H11BrN4O/c14-12-8-18-10(6-17-13(18)7-16-12)5-15-9-2-1-3-11(19)4-9/h1-4,6-8,15,19H,5H2. The summed E-state index contributed by atoms with van der Waals surface area (Å²) in [6, 6.07) is 7.02. The second-order valence-corrected chi connectivity index (χ2v) is 4.90. The Morgan fingerprint density at radius 1 is 1.26 bits per heavy atom. The van der Waals surface area contributed by atoms with Crippen LogP contribution < -0.4 is 5.32 Å². The smallest absolute Gasteiger partial charge is 0.155 e. The number of nitrogens with one attached hydrogen (secondary N) is 1. The summed E-state index contributed by atoms with van der Waals surface area (Å²) < 4.78 is 2.73. The Hall–Kier alpha value is -2.08. The van der Waals surface area contributed by atoms with Gasteiger partial charge in [-0.2, -0.15) is 0 Å². The number of aromatic nitrogens is 3. The molecule has 19 heavy (non-hydrogen) atoms. The van der Waals surface area contributed by atoms with Gasteiger partial charge in [-0.05, 0) is 28.1 Å². The molecule has 1 aromatic carbocycles. The summed E-state index contributed by atoms with van der Waals surface area (Å²) in [5.74, 6) is 0.245. The zero-order valence-electron chi connectivity index (χ0n) is 9.92. The first-order valence-corrected chi connectivity index (χ1v) is 6.52. The van der Waals surface area contributed by atoms with Gasteiger partial charge in [0.05, 0.1) is 24.6 Å². The van der Waals surface area contributed by atoms with Gasteiger partial charge >= 0.3 is 0 Å². The zero-order valence-corrected chi connectivity index (χ0v) is 11.5. The molecule has 0 bridgehead atoms. The van der Waals surface area contributed by atoms with Crippen LogP contribution in [-0.4, -0.2) is 19.5 Å². The number of rotatable bonds is 3. The van der Waals surface area contributed by atoms with Crippen LogP contribution in [0.15, 0.2) is 47.5 Å². The van der Waals surface area contributed by atoms with Crippen LogP contribution in [-0.2, 0) is 6.54 Å².